The van der Waals surface area contributed by atoms with Crippen LogP contribution < -0.4 is 10.1 Å². The Morgan fingerprint density at radius 1 is 1.00 bits per heavy atom. The van der Waals surface area contributed by atoms with E-state index in [1.54, 1.807) is 19.1 Å². The predicted molar refractivity (Wildman–Crippen MR) is 117 cm³/mol. The van der Waals surface area contributed by atoms with Crippen LogP contribution in [0.3, 0.4) is 0 Å². The topological polar surface area (TPSA) is 145 Å². The molecule has 3 aromatic carbocycles. The summed E-state index contributed by atoms with van der Waals surface area (Å²) in [5.41, 5.74) is -0.578. The Balaban J connectivity index is 1.93. The van der Waals surface area contributed by atoms with Gasteiger partial charge in [0.1, 0.15) is 11.3 Å². The summed E-state index contributed by atoms with van der Waals surface area (Å²) < 4.78 is 10.7. The summed E-state index contributed by atoms with van der Waals surface area (Å²) >= 11 is 0. The number of amides is 1. The third kappa shape index (κ3) is 5.31. The summed E-state index contributed by atoms with van der Waals surface area (Å²) in [6.07, 6.45) is 0. The van der Waals surface area contributed by atoms with Gasteiger partial charge in [-0.15, -0.1) is 0 Å². The molecule has 0 aliphatic rings. The molecule has 0 aliphatic carbocycles. The highest BCUT2D eigenvalue weighted by atomic mass is 16.6. The highest BCUT2D eigenvalue weighted by Gasteiger charge is 2.23. The van der Waals surface area contributed by atoms with Crippen molar-refractivity contribution in [1.82, 2.24) is 0 Å². The van der Waals surface area contributed by atoms with E-state index < -0.39 is 28.3 Å². The van der Waals surface area contributed by atoms with E-state index in [0.717, 1.165) is 6.07 Å². The number of carboxylic acids is 1. The second kappa shape index (κ2) is 10.1. The Morgan fingerprint density at radius 3 is 2.39 bits per heavy atom. The standard InChI is InChI=1S/C23H18N2O8/c1-2-32-23(29)16-9-6-12-19(20(16)22(27)28)33-18-11-4-3-10-17(18)24-21(26)14-7-5-8-15(13-14)25(30)31/h3-13H,2H2,1H3,(H,24,26)(H,27,28). The minimum Gasteiger partial charge on any atom is -0.478 e. The van der Waals surface area contributed by atoms with Crippen LogP contribution in [0.25, 0.3) is 0 Å². The molecule has 0 radical (unpaired) electrons. The van der Waals surface area contributed by atoms with Crippen molar-refractivity contribution in [3.8, 4) is 11.5 Å². The van der Waals surface area contributed by atoms with Crippen molar-refractivity contribution in [2.75, 3.05) is 11.9 Å². The Bertz CT molecular complexity index is 1240. The molecule has 0 heterocycles. The highest BCUT2D eigenvalue weighted by Crippen LogP contribution is 2.33. The predicted octanol–water partition coefficient (Wildman–Crippen LogP) is 4.51. The van der Waals surface area contributed by atoms with Gasteiger partial charge in [0.05, 0.1) is 22.8 Å². The van der Waals surface area contributed by atoms with E-state index in [0.29, 0.717) is 0 Å². The molecule has 0 bridgehead atoms. The molecule has 0 unspecified atom stereocenters. The number of nitro groups is 1. The molecule has 3 aromatic rings. The number of aromatic carboxylic acids is 1. The van der Waals surface area contributed by atoms with Crippen LogP contribution >= 0.6 is 0 Å². The minimum atomic E-state index is -1.40. The molecule has 2 N–H and O–H groups in total. The largest absolute Gasteiger partial charge is 0.478 e. The van der Waals surface area contributed by atoms with Crippen LogP contribution in [0.4, 0.5) is 11.4 Å². The third-order valence-electron chi connectivity index (χ3n) is 4.41. The Hall–Kier alpha value is -4.73. The number of benzene rings is 3. The summed E-state index contributed by atoms with van der Waals surface area (Å²) in [4.78, 5) is 47.0. The second-order valence-corrected chi connectivity index (χ2v) is 6.56. The number of nitro benzene ring substituents is 1. The van der Waals surface area contributed by atoms with E-state index in [1.807, 2.05) is 0 Å². The van der Waals surface area contributed by atoms with Gasteiger partial charge in [0.2, 0.25) is 0 Å². The fraction of sp³-hybridized carbons (Fsp3) is 0.0870. The number of anilines is 1. The van der Waals surface area contributed by atoms with Crippen LogP contribution in [0, 0.1) is 10.1 Å². The van der Waals surface area contributed by atoms with Crippen molar-refractivity contribution in [3.63, 3.8) is 0 Å². The van der Waals surface area contributed by atoms with Crippen molar-refractivity contribution in [3.05, 3.63) is 93.5 Å². The summed E-state index contributed by atoms with van der Waals surface area (Å²) in [6.45, 7) is 1.66. The maximum atomic E-state index is 12.6. The number of hydrogen-bond donors (Lipinski definition) is 2. The monoisotopic (exact) mass is 450 g/mol. The third-order valence-corrected chi connectivity index (χ3v) is 4.41. The Labute approximate surface area is 187 Å². The molecule has 33 heavy (non-hydrogen) atoms. The van der Waals surface area contributed by atoms with E-state index in [1.165, 1.54) is 48.5 Å². The van der Waals surface area contributed by atoms with E-state index >= 15 is 0 Å². The zero-order chi connectivity index (χ0) is 24.0. The van der Waals surface area contributed by atoms with Crippen molar-refractivity contribution >= 4 is 29.2 Å². The van der Waals surface area contributed by atoms with Crippen LogP contribution in [0.5, 0.6) is 11.5 Å². The van der Waals surface area contributed by atoms with Crippen molar-refractivity contribution < 1.29 is 33.9 Å². The lowest BCUT2D eigenvalue weighted by atomic mass is 10.1. The summed E-state index contributed by atoms with van der Waals surface area (Å²) in [7, 11) is 0. The molecule has 0 spiro atoms. The first-order chi connectivity index (χ1) is 15.8. The smallest absolute Gasteiger partial charge is 0.340 e. The molecule has 1 amide bonds. The molecule has 0 aromatic heterocycles. The number of para-hydroxylation sites is 2. The molecule has 0 saturated heterocycles. The fourth-order valence-corrected chi connectivity index (χ4v) is 2.95. The zero-order valence-corrected chi connectivity index (χ0v) is 17.3. The van der Waals surface area contributed by atoms with E-state index in [9.17, 15) is 29.6 Å². The number of non-ortho nitro benzene ring substituents is 1. The SMILES string of the molecule is CCOC(=O)c1cccc(Oc2ccccc2NC(=O)c2cccc([N+](=O)[O-])c2)c1C(=O)O. The van der Waals surface area contributed by atoms with Gasteiger partial charge < -0.3 is 19.9 Å². The van der Waals surface area contributed by atoms with Crippen LogP contribution in [-0.4, -0.2) is 34.5 Å². The van der Waals surface area contributed by atoms with E-state index in [4.69, 9.17) is 9.47 Å². The van der Waals surface area contributed by atoms with Crippen LogP contribution in [0.1, 0.15) is 38.0 Å². The van der Waals surface area contributed by atoms with Gasteiger partial charge in [-0.2, -0.15) is 0 Å². The summed E-state index contributed by atoms with van der Waals surface area (Å²) in [5, 5.41) is 23.2. The lowest BCUT2D eigenvalue weighted by molar-refractivity contribution is -0.384. The quantitative estimate of drug-likeness (QED) is 0.290. The molecule has 10 nitrogen and oxygen atoms in total. The van der Waals surface area contributed by atoms with Crippen molar-refractivity contribution in [2.24, 2.45) is 0 Å². The second-order valence-electron chi connectivity index (χ2n) is 6.56. The summed E-state index contributed by atoms with van der Waals surface area (Å²) in [6, 6.07) is 15.5. The fourth-order valence-electron chi connectivity index (χ4n) is 2.95. The number of rotatable bonds is 8. The molecule has 168 valence electrons. The van der Waals surface area contributed by atoms with E-state index in [-0.39, 0.29) is 40.6 Å². The first-order valence-corrected chi connectivity index (χ1v) is 9.68. The highest BCUT2D eigenvalue weighted by molar-refractivity contribution is 6.06. The number of carbonyl (C=O) groups is 3. The molecule has 3 rings (SSSR count). The lowest BCUT2D eigenvalue weighted by Gasteiger charge is -2.15. The van der Waals surface area contributed by atoms with Gasteiger partial charge in [-0.05, 0) is 37.3 Å². The van der Waals surface area contributed by atoms with Gasteiger partial charge in [-0.1, -0.05) is 24.3 Å². The lowest BCUT2D eigenvalue weighted by Crippen LogP contribution is -2.14. The van der Waals surface area contributed by atoms with Crippen molar-refractivity contribution in [1.29, 1.82) is 0 Å². The van der Waals surface area contributed by atoms with Crippen LogP contribution in [0.2, 0.25) is 0 Å². The van der Waals surface area contributed by atoms with Gasteiger partial charge in [0.25, 0.3) is 11.6 Å². The van der Waals surface area contributed by atoms with E-state index in [2.05, 4.69) is 5.32 Å². The normalized spacial score (nSPS) is 10.2. The maximum Gasteiger partial charge on any atom is 0.340 e. The zero-order valence-electron chi connectivity index (χ0n) is 17.3. The average molecular weight is 450 g/mol. The van der Waals surface area contributed by atoms with Gasteiger partial charge >= 0.3 is 11.9 Å². The molecule has 0 atom stereocenters. The number of nitrogens with zero attached hydrogens (tertiary/aromatic N) is 1. The Kier molecular flexibility index (Phi) is 6.99. The average Bonchev–Trinajstić information content (AvgIpc) is 2.80. The van der Waals surface area contributed by atoms with Gasteiger partial charge in [-0.3, -0.25) is 14.9 Å². The number of nitrogens with one attached hydrogen (secondary N) is 1. The van der Waals surface area contributed by atoms with Gasteiger partial charge in [0, 0.05) is 17.7 Å². The number of ether oxygens (including phenoxy) is 2. The number of carbonyl (C=O) groups excluding carboxylic acids is 2. The number of esters is 1. The molecule has 10 heteroatoms. The molecule has 0 fully saturated rings. The van der Waals surface area contributed by atoms with Crippen LogP contribution in [-0.2, 0) is 4.74 Å². The molecular formula is C23H18N2O8. The molecular weight excluding hydrogens is 432 g/mol. The first kappa shape index (κ1) is 22.9. The molecule has 0 saturated carbocycles. The number of hydrogen-bond acceptors (Lipinski definition) is 7. The van der Waals surface area contributed by atoms with Crippen LogP contribution in [0.15, 0.2) is 66.7 Å². The maximum absolute atomic E-state index is 12.6. The van der Waals surface area contributed by atoms with Crippen molar-refractivity contribution in [2.45, 2.75) is 6.92 Å². The van der Waals surface area contributed by atoms with Gasteiger partial charge in [-0.25, -0.2) is 9.59 Å². The minimum absolute atomic E-state index is 0.0505. The van der Waals surface area contributed by atoms with Gasteiger partial charge in [0.15, 0.2) is 5.75 Å². The first-order valence-electron chi connectivity index (χ1n) is 9.68. The molecule has 0 aliphatic heterocycles. The number of carboxylic acid groups (broad SMARTS) is 1. The summed E-state index contributed by atoms with van der Waals surface area (Å²) in [5.74, 6) is -2.88. The Morgan fingerprint density at radius 2 is 1.70 bits per heavy atom.